The van der Waals surface area contributed by atoms with E-state index in [4.69, 9.17) is 4.74 Å². The van der Waals surface area contributed by atoms with Gasteiger partial charge in [0.15, 0.2) is 0 Å². The summed E-state index contributed by atoms with van der Waals surface area (Å²) in [6.07, 6.45) is 0.324. The number of benzene rings is 2. The van der Waals surface area contributed by atoms with E-state index in [1.54, 1.807) is 6.92 Å². The predicted octanol–water partition coefficient (Wildman–Crippen LogP) is 3.36. The van der Waals surface area contributed by atoms with E-state index in [2.05, 4.69) is 29.6 Å². The summed E-state index contributed by atoms with van der Waals surface area (Å²) in [5.41, 5.74) is 4.77. The van der Waals surface area contributed by atoms with Gasteiger partial charge < -0.3 is 14.8 Å². The fourth-order valence-corrected chi connectivity index (χ4v) is 2.94. The normalized spacial score (nSPS) is 13.8. The molecule has 0 saturated heterocycles. The Balaban J connectivity index is 1.71. The summed E-state index contributed by atoms with van der Waals surface area (Å²) in [7, 11) is 0. The average molecular weight is 309 g/mol. The second-order valence-corrected chi connectivity index (χ2v) is 5.82. The lowest BCUT2D eigenvalue weighted by Crippen LogP contribution is -2.30. The van der Waals surface area contributed by atoms with Crippen molar-refractivity contribution >= 4 is 12.4 Å². The molecule has 0 saturated carbocycles. The van der Waals surface area contributed by atoms with E-state index < -0.39 is 6.09 Å². The number of aldehydes is 1. The zero-order chi connectivity index (χ0) is 16.2. The highest BCUT2D eigenvalue weighted by Crippen LogP contribution is 2.44. The molecule has 0 aliphatic heterocycles. The van der Waals surface area contributed by atoms with Crippen molar-refractivity contribution in [1.29, 1.82) is 0 Å². The smallest absolute Gasteiger partial charge is 0.407 e. The molecule has 1 atom stereocenters. The van der Waals surface area contributed by atoms with Gasteiger partial charge in [0.1, 0.15) is 12.9 Å². The van der Waals surface area contributed by atoms with Gasteiger partial charge in [0, 0.05) is 18.4 Å². The molecule has 2 aromatic rings. The first-order valence-corrected chi connectivity index (χ1v) is 7.75. The molecule has 0 fully saturated rings. The molecule has 0 aromatic heterocycles. The van der Waals surface area contributed by atoms with Crippen LogP contribution in [0.15, 0.2) is 48.5 Å². The maximum atomic E-state index is 11.8. The maximum absolute atomic E-state index is 11.8. The summed E-state index contributed by atoms with van der Waals surface area (Å²) in [5, 5.41) is 2.61. The molecular formula is C19H19NO3. The van der Waals surface area contributed by atoms with Crippen LogP contribution < -0.4 is 5.32 Å². The van der Waals surface area contributed by atoms with Crippen molar-refractivity contribution in [3.63, 3.8) is 0 Å². The Hall–Kier alpha value is -2.62. The van der Waals surface area contributed by atoms with E-state index in [0.29, 0.717) is 6.54 Å². The van der Waals surface area contributed by atoms with E-state index in [0.717, 1.165) is 6.29 Å². The second kappa shape index (κ2) is 6.65. The Morgan fingerprint density at radius 1 is 1.13 bits per heavy atom. The van der Waals surface area contributed by atoms with Crippen molar-refractivity contribution in [1.82, 2.24) is 5.32 Å². The van der Waals surface area contributed by atoms with Gasteiger partial charge in [0.05, 0.1) is 0 Å². The first kappa shape index (κ1) is 15.3. The van der Waals surface area contributed by atoms with Crippen molar-refractivity contribution in [2.45, 2.75) is 12.8 Å². The van der Waals surface area contributed by atoms with Crippen molar-refractivity contribution in [3.05, 3.63) is 59.7 Å². The number of rotatable bonds is 5. The van der Waals surface area contributed by atoms with Crippen LogP contribution in [0, 0.1) is 5.92 Å². The van der Waals surface area contributed by atoms with Gasteiger partial charge in [0.2, 0.25) is 0 Å². The summed E-state index contributed by atoms with van der Waals surface area (Å²) in [4.78, 5) is 22.4. The Bertz CT molecular complexity index is 681. The van der Waals surface area contributed by atoms with E-state index in [-0.39, 0.29) is 18.4 Å². The minimum absolute atomic E-state index is 0.0524. The van der Waals surface area contributed by atoms with E-state index in [9.17, 15) is 9.59 Å². The van der Waals surface area contributed by atoms with Crippen LogP contribution in [0.5, 0.6) is 0 Å². The molecule has 1 N–H and O–H groups in total. The summed E-state index contributed by atoms with van der Waals surface area (Å²) in [6.45, 7) is 2.33. The highest BCUT2D eigenvalue weighted by Gasteiger charge is 2.28. The summed E-state index contributed by atoms with van der Waals surface area (Å²) in [5.74, 6) is -0.160. The largest absolute Gasteiger partial charge is 0.449 e. The summed E-state index contributed by atoms with van der Waals surface area (Å²) < 4.78 is 5.37. The minimum atomic E-state index is -0.486. The number of carbonyl (C=O) groups is 2. The lowest BCUT2D eigenvalue weighted by Gasteiger charge is -2.15. The number of hydrogen-bond donors (Lipinski definition) is 1. The molecule has 1 amide bonds. The van der Waals surface area contributed by atoms with E-state index in [1.807, 2.05) is 24.3 Å². The van der Waals surface area contributed by atoms with Gasteiger partial charge in [0.25, 0.3) is 0 Å². The molecule has 1 aliphatic rings. The van der Waals surface area contributed by atoms with Crippen LogP contribution in [0.2, 0.25) is 0 Å². The molecule has 2 aromatic carbocycles. The molecule has 0 spiro atoms. The fourth-order valence-electron chi connectivity index (χ4n) is 2.94. The Labute approximate surface area is 135 Å². The molecule has 0 radical (unpaired) electrons. The Kier molecular flexibility index (Phi) is 4.42. The molecule has 1 aliphatic carbocycles. The first-order valence-electron chi connectivity index (χ1n) is 7.75. The second-order valence-electron chi connectivity index (χ2n) is 5.82. The fraction of sp³-hybridized carbons (Fsp3) is 0.263. The van der Waals surface area contributed by atoms with Crippen molar-refractivity contribution < 1.29 is 14.3 Å². The number of nitrogens with one attached hydrogen (secondary N) is 1. The van der Waals surface area contributed by atoms with Crippen LogP contribution in [0.25, 0.3) is 11.1 Å². The third-order valence-electron chi connectivity index (χ3n) is 4.14. The monoisotopic (exact) mass is 309 g/mol. The number of hydrogen-bond acceptors (Lipinski definition) is 3. The molecule has 1 unspecified atom stereocenters. The SMILES string of the molecule is CC(C=O)CNC(=O)OCC1c2ccccc2-c2ccccc21. The third kappa shape index (κ3) is 3.11. The zero-order valence-electron chi connectivity index (χ0n) is 13.0. The highest BCUT2D eigenvalue weighted by atomic mass is 16.5. The number of amides is 1. The average Bonchev–Trinajstić information content (AvgIpc) is 2.92. The lowest BCUT2D eigenvalue weighted by atomic mass is 9.98. The molecule has 4 heteroatoms. The molecule has 3 rings (SSSR count). The van der Waals surface area contributed by atoms with Gasteiger partial charge in [-0.2, -0.15) is 0 Å². The molecule has 23 heavy (non-hydrogen) atoms. The topological polar surface area (TPSA) is 55.4 Å². The number of alkyl carbamates (subject to hydrolysis) is 1. The summed E-state index contributed by atoms with van der Waals surface area (Å²) in [6, 6.07) is 16.4. The van der Waals surface area contributed by atoms with Crippen molar-refractivity contribution in [3.8, 4) is 11.1 Å². The Morgan fingerprint density at radius 2 is 1.70 bits per heavy atom. The standard InChI is InChI=1S/C19H19NO3/c1-13(11-21)10-20-19(22)23-12-18-16-8-4-2-6-14(16)15-7-3-5-9-17(15)18/h2-9,11,13,18H,10,12H2,1H3,(H,20,22). The molecule has 118 valence electrons. The van der Waals surface area contributed by atoms with Crippen LogP contribution in [-0.4, -0.2) is 25.5 Å². The van der Waals surface area contributed by atoms with Gasteiger partial charge in [-0.25, -0.2) is 4.79 Å². The van der Waals surface area contributed by atoms with Crippen LogP contribution in [0.1, 0.15) is 24.0 Å². The van der Waals surface area contributed by atoms with Gasteiger partial charge in [-0.15, -0.1) is 0 Å². The van der Waals surface area contributed by atoms with Crippen molar-refractivity contribution in [2.24, 2.45) is 5.92 Å². The van der Waals surface area contributed by atoms with Crippen LogP contribution in [-0.2, 0) is 9.53 Å². The molecular weight excluding hydrogens is 290 g/mol. The first-order chi connectivity index (χ1) is 11.2. The molecule has 0 bridgehead atoms. The zero-order valence-corrected chi connectivity index (χ0v) is 13.0. The quantitative estimate of drug-likeness (QED) is 0.862. The highest BCUT2D eigenvalue weighted by molar-refractivity contribution is 5.79. The van der Waals surface area contributed by atoms with Crippen molar-refractivity contribution in [2.75, 3.05) is 13.2 Å². The number of carbonyl (C=O) groups excluding carboxylic acids is 2. The van der Waals surface area contributed by atoms with Crippen LogP contribution >= 0.6 is 0 Å². The number of fused-ring (bicyclic) bond motifs is 3. The van der Waals surface area contributed by atoms with Crippen LogP contribution in [0.4, 0.5) is 4.79 Å². The van der Waals surface area contributed by atoms with Crippen LogP contribution in [0.3, 0.4) is 0 Å². The lowest BCUT2D eigenvalue weighted by molar-refractivity contribution is -0.110. The minimum Gasteiger partial charge on any atom is -0.449 e. The van der Waals surface area contributed by atoms with Gasteiger partial charge in [-0.05, 0) is 22.3 Å². The van der Waals surface area contributed by atoms with Gasteiger partial charge >= 0.3 is 6.09 Å². The maximum Gasteiger partial charge on any atom is 0.407 e. The molecule has 0 heterocycles. The third-order valence-corrected chi connectivity index (χ3v) is 4.14. The summed E-state index contributed by atoms with van der Waals surface area (Å²) >= 11 is 0. The van der Waals surface area contributed by atoms with Gasteiger partial charge in [-0.1, -0.05) is 55.5 Å². The Morgan fingerprint density at radius 3 is 2.26 bits per heavy atom. The van der Waals surface area contributed by atoms with Gasteiger partial charge in [-0.3, -0.25) is 0 Å². The number of ether oxygens (including phenoxy) is 1. The predicted molar refractivity (Wildman–Crippen MR) is 88.3 cm³/mol. The molecule has 4 nitrogen and oxygen atoms in total. The van der Waals surface area contributed by atoms with E-state index >= 15 is 0 Å². The van der Waals surface area contributed by atoms with E-state index in [1.165, 1.54) is 22.3 Å².